The van der Waals surface area contributed by atoms with Crippen LogP contribution in [0.1, 0.15) is 31.4 Å². The number of halogens is 1. The summed E-state index contributed by atoms with van der Waals surface area (Å²) in [7, 11) is 3.74. The molecular weight excluding hydrogens is 302 g/mol. The van der Waals surface area contributed by atoms with Crippen molar-refractivity contribution in [1.82, 2.24) is 15.2 Å². The molecule has 1 N–H and O–H groups in total. The molecule has 1 aliphatic heterocycles. The largest absolute Gasteiger partial charge is 0.495 e. The minimum Gasteiger partial charge on any atom is -0.495 e. The number of hydrogen-bond acceptors (Lipinski definition) is 4. The quantitative estimate of drug-likeness (QED) is 0.923. The van der Waals surface area contributed by atoms with Gasteiger partial charge in [0.1, 0.15) is 5.75 Å². The van der Waals surface area contributed by atoms with E-state index in [9.17, 15) is 4.79 Å². The highest BCUT2D eigenvalue weighted by atomic mass is 35.5. The van der Waals surface area contributed by atoms with Gasteiger partial charge >= 0.3 is 0 Å². The molecule has 1 saturated heterocycles. The van der Waals surface area contributed by atoms with Crippen LogP contribution in [0.15, 0.2) is 12.3 Å². The zero-order valence-corrected chi connectivity index (χ0v) is 13.8. The van der Waals surface area contributed by atoms with Crippen molar-refractivity contribution in [3.8, 4) is 5.75 Å². The molecule has 22 heavy (non-hydrogen) atoms. The van der Waals surface area contributed by atoms with Gasteiger partial charge in [0.2, 0.25) is 5.91 Å². The highest BCUT2D eigenvalue weighted by Crippen LogP contribution is 2.49. The molecule has 2 aliphatic rings. The van der Waals surface area contributed by atoms with Gasteiger partial charge in [0.05, 0.1) is 30.6 Å². The Balaban J connectivity index is 1.56. The number of carbonyl (C=O) groups is 1. The molecule has 1 amide bonds. The van der Waals surface area contributed by atoms with Crippen LogP contribution in [0.25, 0.3) is 0 Å². The van der Waals surface area contributed by atoms with Gasteiger partial charge in [-0.3, -0.25) is 9.78 Å². The Morgan fingerprint density at radius 1 is 1.59 bits per heavy atom. The summed E-state index contributed by atoms with van der Waals surface area (Å²) >= 11 is 6.15. The van der Waals surface area contributed by atoms with E-state index in [1.54, 1.807) is 19.4 Å². The molecule has 1 spiro atoms. The van der Waals surface area contributed by atoms with Crippen molar-refractivity contribution in [3.05, 3.63) is 23.0 Å². The molecule has 0 unspecified atom stereocenters. The number of ether oxygens (including phenoxy) is 1. The van der Waals surface area contributed by atoms with Crippen LogP contribution in [0.5, 0.6) is 5.75 Å². The molecule has 1 aromatic heterocycles. The van der Waals surface area contributed by atoms with Crippen molar-refractivity contribution < 1.29 is 9.53 Å². The van der Waals surface area contributed by atoms with Gasteiger partial charge in [0.25, 0.3) is 0 Å². The normalized spacial score (nSPS) is 23.3. The van der Waals surface area contributed by atoms with Gasteiger partial charge in [-0.05, 0) is 39.3 Å². The molecule has 1 aromatic rings. The second-order valence-electron chi connectivity index (χ2n) is 6.36. The van der Waals surface area contributed by atoms with Gasteiger partial charge in [0.15, 0.2) is 0 Å². The number of rotatable bonds is 4. The summed E-state index contributed by atoms with van der Waals surface area (Å²) in [5.74, 6) is 0.842. The lowest BCUT2D eigenvalue weighted by Crippen LogP contribution is -2.46. The summed E-state index contributed by atoms with van der Waals surface area (Å²) in [6, 6.07) is 1.71. The minimum atomic E-state index is 0.107. The van der Waals surface area contributed by atoms with Crippen LogP contribution in [0.3, 0.4) is 0 Å². The number of pyridine rings is 1. The summed E-state index contributed by atoms with van der Waals surface area (Å²) in [5, 5.41) is 3.50. The van der Waals surface area contributed by atoms with Gasteiger partial charge in [-0.25, -0.2) is 0 Å². The number of likely N-dealkylation sites (tertiary alicyclic amines) is 1. The van der Waals surface area contributed by atoms with Crippen molar-refractivity contribution in [2.24, 2.45) is 5.92 Å². The molecule has 120 valence electrons. The van der Waals surface area contributed by atoms with Crippen LogP contribution in [0.4, 0.5) is 0 Å². The Morgan fingerprint density at radius 2 is 2.36 bits per heavy atom. The second-order valence-corrected chi connectivity index (χ2v) is 6.76. The number of nitrogens with one attached hydrogen (secondary N) is 1. The lowest BCUT2D eigenvalue weighted by Gasteiger charge is -2.37. The van der Waals surface area contributed by atoms with Crippen LogP contribution in [0, 0.1) is 5.92 Å². The van der Waals surface area contributed by atoms with E-state index in [0.29, 0.717) is 28.5 Å². The molecule has 3 rings (SSSR count). The highest BCUT2D eigenvalue weighted by molar-refractivity contribution is 6.31. The molecule has 2 fully saturated rings. The summed E-state index contributed by atoms with van der Waals surface area (Å²) in [6.07, 6.45) is 5.95. The molecule has 1 atom stereocenters. The predicted octanol–water partition coefficient (Wildman–Crippen LogP) is 2.23. The molecule has 0 bridgehead atoms. The van der Waals surface area contributed by atoms with Gasteiger partial charge in [-0.1, -0.05) is 11.6 Å². The monoisotopic (exact) mass is 323 g/mol. The molecule has 1 aliphatic carbocycles. The van der Waals surface area contributed by atoms with Crippen LogP contribution in [0.2, 0.25) is 5.02 Å². The molecule has 6 heteroatoms. The van der Waals surface area contributed by atoms with Crippen molar-refractivity contribution in [1.29, 1.82) is 0 Å². The van der Waals surface area contributed by atoms with Crippen molar-refractivity contribution in [3.63, 3.8) is 0 Å². The Morgan fingerprint density at radius 3 is 3.00 bits per heavy atom. The molecule has 0 aromatic carbocycles. The smallest absolute Gasteiger partial charge is 0.223 e. The molecular formula is C16H22ClN3O2. The third-order valence-electron chi connectivity index (χ3n) is 5.01. The molecule has 5 nitrogen and oxygen atoms in total. The third kappa shape index (κ3) is 3.06. The van der Waals surface area contributed by atoms with Crippen LogP contribution in [-0.4, -0.2) is 42.0 Å². The first-order chi connectivity index (χ1) is 10.5. The van der Waals surface area contributed by atoms with E-state index in [4.69, 9.17) is 16.3 Å². The van der Waals surface area contributed by atoms with Crippen LogP contribution < -0.4 is 10.1 Å². The zero-order chi connectivity index (χ0) is 15.7. The number of aromatic nitrogens is 1. The highest BCUT2D eigenvalue weighted by Gasteiger charge is 2.50. The summed E-state index contributed by atoms with van der Waals surface area (Å²) in [6.45, 7) is 1.36. The molecule has 0 radical (unpaired) electrons. The Hall–Kier alpha value is -1.33. The first-order valence-electron chi connectivity index (χ1n) is 7.71. The number of carbonyl (C=O) groups excluding carboxylic acids is 1. The number of amides is 1. The third-order valence-corrected chi connectivity index (χ3v) is 5.33. The Labute approximate surface area is 136 Å². The Bertz CT molecular complexity index is 575. The SMILES string of the molecule is COc1cnc(CNC(=O)[C@H]2CCN(C)C3(CC3)C2)c(Cl)c1. The van der Waals surface area contributed by atoms with Crippen LogP contribution >= 0.6 is 11.6 Å². The lowest BCUT2D eigenvalue weighted by molar-refractivity contribution is -0.127. The number of methoxy groups -OCH3 is 1. The van der Waals surface area contributed by atoms with Gasteiger partial charge in [-0.15, -0.1) is 0 Å². The topological polar surface area (TPSA) is 54.5 Å². The summed E-state index contributed by atoms with van der Waals surface area (Å²) < 4.78 is 5.07. The van der Waals surface area contributed by atoms with E-state index in [1.807, 2.05) is 0 Å². The van der Waals surface area contributed by atoms with E-state index < -0.39 is 0 Å². The van der Waals surface area contributed by atoms with Crippen molar-refractivity contribution in [2.75, 3.05) is 20.7 Å². The number of nitrogens with zero attached hydrogens (tertiary/aromatic N) is 2. The fraction of sp³-hybridized carbons (Fsp3) is 0.625. The van der Waals surface area contributed by atoms with E-state index in [2.05, 4.69) is 22.2 Å². The fourth-order valence-electron chi connectivity index (χ4n) is 3.26. The second kappa shape index (κ2) is 6.05. The zero-order valence-electron chi connectivity index (χ0n) is 13.1. The maximum Gasteiger partial charge on any atom is 0.223 e. The summed E-state index contributed by atoms with van der Waals surface area (Å²) in [4.78, 5) is 19.1. The maximum atomic E-state index is 12.4. The predicted molar refractivity (Wildman–Crippen MR) is 85.0 cm³/mol. The van der Waals surface area contributed by atoms with Crippen molar-refractivity contribution >= 4 is 17.5 Å². The average Bonchev–Trinajstić information content (AvgIpc) is 3.29. The first-order valence-corrected chi connectivity index (χ1v) is 8.09. The van der Waals surface area contributed by atoms with Crippen LogP contribution in [-0.2, 0) is 11.3 Å². The van der Waals surface area contributed by atoms with E-state index in [1.165, 1.54) is 12.8 Å². The Kier molecular flexibility index (Phi) is 4.28. The van der Waals surface area contributed by atoms with E-state index >= 15 is 0 Å². The van der Waals surface area contributed by atoms with Crippen molar-refractivity contribution in [2.45, 2.75) is 37.8 Å². The first kappa shape index (κ1) is 15.6. The van der Waals surface area contributed by atoms with Gasteiger partial charge < -0.3 is 15.0 Å². The molecule has 2 heterocycles. The average molecular weight is 324 g/mol. The van der Waals surface area contributed by atoms with E-state index in [-0.39, 0.29) is 11.8 Å². The maximum absolute atomic E-state index is 12.4. The van der Waals surface area contributed by atoms with E-state index in [0.717, 1.165) is 19.4 Å². The summed E-state index contributed by atoms with van der Waals surface area (Å²) in [5.41, 5.74) is 0.973. The standard InChI is InChI=1S/C16H22ClN3O2/c1-20-6-3-11(8-16(20)4-5-16)15(21)19-10-14-13(17)7-12(22-2)9-18-14/h7,9,11H,3-6,8,10H2,1-2H3,(H,19,21)/t11-/m0/s1. The minimum absolute atomic E-state index is 0.107. The van der Waals surface area contributed by atoms with Gasteiger partial charge in [0, 0.05) is 17.5 Å². The molecule has 1 saturated carbocycles. The fourth-order valence-corrected chi connectivity index (χ4v) is 3.49. The number of piperidine rings is 1. The lowest BCUT2D eigenvalue weighted by atomic mass is 9.88. The number of hydrogen-bond donors (Lipinski definition) is 1. The van der Waals surface area contributed by atoms with Gasteiger partial charge in [-0.2, -0.15) is 0 Å².